The molecule has 2 heterocycles. The van der Waals surface area contributed by atoms with Gasteiger partial charge in [0.15, 0.2) is 0 Å². The number of aliphatic carboxylic acids is 1. The first-order valence-corrected chi connectivity index (χ1v) is 4.98. The lowest BCUT2D eigenvalue weighted by Gasteiger charge is -1.96. The van der Waals surface area contributed by atoms with Crippen molar-refractivity contribution >= 4 is 17.3 Å². The Morgan fingerprint density at radius 1 is 1.86 bits per heavy atom. The van der Waals surface area contributed by atoms with Crippen LogP contribution in [0.2, 0.25) is 0 Å². The predicted octanol–water partition coefficient (Wildman–Crippen LogP) is 0.468. The molecule has 1 atom stereocenters. The van der Waals surface area contributed by atoms with E-state index < -0.39 is 12.0 Å². The van der Waals surface area contributed by atoms with Crippen LogP contribution in [-0.2, 0) is 9.53 Å². The normalized spacial score (nSPS) is 19.9. The summed E-state index contributed by atoms with van der Waals surface area (Å²) >= 11 is 1.67. The molecule has 5 nitrogen and oxygen atoms in total. The lowest BCUT2D eigenvalue weighted by atomic mass is 10.3. The van der Waals surface area contributed by atoms with Crippen LogP contribution >= 0.6 is 11.3 Å². The molecule has 2 N–H and O–H groups in total. The molecule has 14 heavy (non-hydrogen) atoms. The van der Waals surface area contributed by atoms with Crippen LogP contribution in [0.1, 0.15) is 5.01 Å². The summed E-state index contributed by atoms with van der Waals surface area (Å²) in [5, 5.41) is 14.0. The van der Waals surface area contributed by atoms with Crippen LogP contribution in [0.4, 0.5) is 0 Å². The largest absolute Gasteiger partial charge is 0.480 e. The molecule has 78 valence electrons. The number of ether oxygens (including phenoxy) is 1. The molecule has 0 amide bonds. The van der Waals surface area contributed by atoms with E-state index in [9.17, 15) is 4.79 Å². The summed E-state index contributed by atoms with van der Waals surface area (Å²) in [6, 6.07) is -0.491. The zero-order valence-electron chi connectivity index (χ0n) is 7.77. The Hall–Kier alpha value is -0.980. The molecule has 0 radical (unpaired) electrons. The van der Waals surface area contributed by atoms with E-state index in [0.717, 1.165) is 5.01 Å². The van der Waals surface area contributed by atoms with Crippen molar-refractivity contribution in [3.8, 4) is 0 Å². The molecule has 0 aliphatic carbocycles. The van der Waals surface area contributed by atoms with E-state index in [4.69, 9.17) is 9.84 Å². The fraction of sp³-hybridized carbons (Fsp3) is 0.500. The minimum atomic E-state index is -0.845. The van der Waals surface area contributed by atoms with Crippen molar-refractivity contribution in [3.63, 3.8) is 0 Å². The van der Waals surface area contributed by atoms with Gasteiger partial charge in [-0.3, -0.25) is 15.1 Å². The number of aromatic nitrogens is 1. The molecule has 1 aromatic rings. The highest BCUT2D eigenvalue weighted by molar-refractivity contribution is 7.09. The number of carbonyl (C=O) groups is 1. The molecule has 0 spiro atoms. The zero-order chi connectivity index (χ0) is 10.4. The van der Waals surface area contributed by atoms with Gasteiger partial charge in [-0.2, -0.15) is 0 Å². The predicted molar refractivity (Wildman–Crippen MR) is 52.2 cm³/mol. The van der Waals surface area contributed by atoms with Gasteiger partial charge >= 0.3 is 5.97 Å². The Labute approximate surface area is 85.7 Å². The van der Waals surface area contributed by atoms with Crippen LogP contribution in [-0.4, -0.2) is 35.4 Å². The molecule has 1 aromatic heterocycles. The van der Waals surface area contributed by atoms with Gasteiger partial charge < -0.3 is 9.84 Å². The summed E-state index contributed by atoms with van der Waals surface area (Å²) in [6.07, 6.45) is 1.81. The van der Waals surface area contributed by atoms with Crippen LogP contribution in [0.3, 0.4) is 0 Å². The van der Waals surface area contributed by atoms with Crippen LogP contribution in [0.5, 0.6) is 0 Å². The highest BCUT2D eigenvalue weighted by atomic mass is 32.1. The highest BCUT2D eigenvalue weighted by Gasteiger charge is 2.20. The standard InChI is InChI=1S/C4H7NO3.C4H5NS/c6-4(7)3-1-8-2-5-3;1-4-5-2-3-6-4/h3,5H,1-2H2,(H,6,7);2-3H,1H3/t3-;/m0./s1. The van der Waals surface area contributed by atoms with Crippen LogP contribution in [0.25, 0.3) is 0 Å². The maximum absolute atomic E-state index is 10.1. The monoisotopic (exact) mass is 216 g/mol. The summed E-state index contributed by atoms with van der Waals surface area (Å²) in [5.41, 5.74) is 0. The number of nitrogens with zero attached hydrogens (tertiary/aromatic N) is 1. The third kappa shape index (κ3) is 3.82. The Kier molecular flexibility index (Phi) is 4.51. The van der Waals surface area contributed by atoms with Crippen molar-refractivity contribution in [1.29, 1.82) is 0 Å². The summed E-state index contributed by atoms with van der Waals surface area (Å²) in [4.78, 5) is 14.0. The average Bonchev–Trinajstić information content (AvgIpc) is 2.75. The van der Waals surface area contributed by atoms with Gasteiger partial charge in [-0.05, 0) is 6.92 Å². The molecule has 0 bridgehead atoms. The summed E-state index contributed by atoms with van der Waals surface area (Å²) in [5.74, 6) is -0.845. The van der Waals surface area contributed by atoms with Gasteiger partial charge in [0.1, 0.15) is 6.04 Å². The number of aryl methyl sites for hydroxylation is 1. The lowest BCUT2D eigenvalue weighted by molar-refractivity contribution is -0.139. The van der Waals surface area contributed by atoms with Gasteiger partial charge in [-0.15, -0.1) is 11.3 Å². The second-order valence-corrected chi connectivity index (χ2v) is 3.76. The molecular weight excluding hydrogens is 204 g/mol. The SMILES string of the molecule is Cc1nccs1.O=C(O)[C@@H]1COCN1. The number of thiazole rings is 1. The Morgan fingerprint density at radius 2 is 2.64 bits per heavy atom. The second-order valence-electron chi connectivity index (χ2n) is 2.66. The van der Waals surface area contributed by atoms with Crippen molar-refractivity contribution in [2.24, 2.45) is 0 Å². The highest BCUT2D eigenvalue weighted by Crippen LogP contribution is 1.98. The Morgan fingerprint density at radius 3 is 2.86 bits per heavy atom. The Balaban J connectivity index is 0.000000146. The number of rotatable bonds is 1. The van der Waals surface area contributed by atoms with E-state index in [-0.39, 0.29) is 6.61 Å². The molecule has 1 saturated heterocycles. The fourth-order valence-electron chi connectivity index (χ4n) is 0.849. The lowest BCUT2D eigenvalue weighted by Crippen LogP contribution is -2.32. The maximum Gasteiger partial charge on any atom is 0.323 e. The van der Waals surface area contributed by atoms with Crippen molar-refractivity contribution in [1.82, 2.24) is 10.3 Å². The van der Waals surface area contributed by atoms with Crippen molar-refractivity contribution in [2.75, 3.05) is 13.3 Å². The molecule has 0 saturated carbocycles. The van der Waals surface area contributed by atoms with Gasteiger partial charge in [0, 0.05) is 11.6 Å². The van der Waals surface area contributed by atoms with Gasteiger partial charge in [0.05, 0.1) is 18.3 Å². The molecule has 2 rings (SSSR count). The van der Waals surface area contributed by atoms with Crippen LogP contribution < -0.4 is 5.32 Å². The first-order valence-electron chi connectivity index (χ1n) is 4.10. The average molecular weight is 216 g/mol. The smallest absolute Gasteiger partial charge is 0.323 e. The quantitative estimate of drug-likeness (QED) is 0.714. The van der Waals surface area contributed by atoms with Crippen molar-refractivity contribution in [2.45, 2.75) is 13.0 Å². The molecule has 6 heteroatoms. The van der Waals surface area contributed by atoms with Gasteiger partial charge in [-0.25, -0.2) is 0 Å². The van der Waals surface area contributed by atoms with Crippen LogP contribution in [0.15, 0.2) is 11.6 Å². The van der Waals surface area contributed by atoms with E-state index >= 15 is 0 Å². The summed E-state index contributed by atoms with van der Waals surface area (Å²) in [7, 11) is 0. The molecule has 1 fully saturated rings. The number of nitrogens with one attached hydrogen (secondary N) is 1. The maximum atomic E-state index is 10.1. The summed E-state index contributed by atoms with van der Waals surface area (Å²) in [6.45, 7) is 2.64. The van der Waals surface area contributed by atoms with E-state index in [1.807, 2.05) is 12.3 Å². The second kappa shape index (κ2) is 5.69. The molecular formula is C8H12N2O3S. The molecule has 0 aromatic carbocycles. The number of carboxylic acids is 1. The minimum Gasteiger partial charge on any atom is -0.480 e. The molecule has 1 aliphatic rings. The molecule has 0 unspecified atom stereocenters. The van der Waals surface area contributed by atoms with Crippen molar-refractivity contribution in [3.05, 3.63) is 16.6 Å². The fourth-order valence-corrected chi connectivity index (χ4v) is 1.29. The minimum absolute atomic E-state index is 0.287. The number of hydrogen-bond donors (Lipinski definition) is 2. The van der Waals surface area contributed by atoms with Gasteiger partial charge in [0.25, 0.3) is 0 Å². The van der Waals surface area contributed by atoms with Gasteiger partial charge in [0.2, 0.25) is 0 Å². The van der Waals surface area contributed by atoms with Crippen molar-refractivity contribution < 1.29 is 14.6 Å². The van der Waals surface area contributed by atoms with E-state index in [1.54, 1.807) is 17.5 Å². The summed E-state index contributed by atoms with van der Waals surface area (Å²) < 4.78 is 4.73. The van der Waals surface area contributed by atoms with E-state index in [0.29, 0.717) is 6.73 Å². The van der Waals surface area contributed by atoms with E-state index in [2.05, 4.69) is 10.3 Å². The number of hydrogen-bond acceptors (Lipinski definition) is 5. The Bertz CT molecular complexity index is 270. The van der Waals surface area contributed by atoms with Crippen LogP contribution in [0, 0.1) is 6.92 Å². The zero-order valence-corrected chi connectivity index (χ0v) is 8.58. The number of carboxylic acid groups (broad SMARTS) is 1. The third-order valence-corrected chi connectivity index (χ3v) is 2.27. The first-order chi connectivity index (χ1) is 6.70. The van der Waals surface area contributed by atoms with Gasteiger partial charge in [-0.1, -0.05) is 0 Å². The van der Waals surface area contributed by atoms with E-state index in [1.165, 1.54) is 0 Å². The topological polar surface area (TPSA) is 71.5 Å². The molecule has 1 aliphatic heterocycles. The third-order valence-electron chi connectivity index (χ3n) is 1.57. The first kappa shape index (κ1) is 11.1.